The number of hydrogen-bond donors (Lipinski definition) is 3. The van der Waals surface area contributed by atoms with E-state index in [1.54, 1.807) is 0 Å². The quantitative estimate of drug-likeness (QED) is 0.727. The van der Waals surface area contributed by atoms with Crippen LogP contribution in [0.4, 0.5) is 4.79 Å². The van der Waals surface area contributed by atoms with Crippen LogP contribution >= 0.6 is 0 Å². The predicted molar refractivity (Wildman–Crippen MR) is 93.9 cm³/mol. The van der Waals surface area contributed by atoms with E-state index in [4.69, 9.17) is 0 Å². The van der Waals surface area contributed by atoms with Gasteiger partial charge in [0.05, 0.1) is 23.2 Å². The first kappa shape index (κ1) is 16.8. The largest absolute Gasteiger partial charge is 0.394 e. The van der Waals surface area contributed by atoms with Gasteiger partial charge in [0.1, 0.15) is 5.82 Å². The zero-order valence-corrected chi connectivity index (χ0v) is 14.4. The first-order valence-corrected chi connectivity index (χ1v) is 8.68. The van der Waals surface area contributed by atoms with Crippen molar-refractivity contribution in [3.63, 3.8) is 0 Å². The summed E-state index contributed by atoms with van der Waals surface area (Å²) >= 11 is 0. The summed E-state index contributed by atoms with van der Waals surface area (Å²) in [6.45, 7) is 5.34. The summed E-state index contributed by atoms with van der Waals surface area (Å²) in [5.74, 6) is 1.36. The molecular weight excluding hydrogens is 304 g/mol. The summed E-state index contributed by atoms with van der Waals surface area (Å²) in [6, 6.07) is 7.85. The molecule has 0 bridgehead atoms. The molecule has 1 aromatic carbocycles. The van der Waals surface area contributed by atoms with Gasteiger partial charge in [-0.05, 0) is 44.7 Å². The number of rotatable bonds is 7. The van der Waals surface area contributed by atoms with Gasteiger partial charge in [0.25, 0.3) is 0 Å². The Hall–Kier alpha value is -2.08. The van der Waals surface area contributed by atoms with Crippen molar-refractivity contribution in [2.75, 3.05) is 13.2 Å². The summed E-state index contributed by atoms with van der Waals surface area (Å²) in [6.07, 6.45) is 2.81. The standard InChI is InChI=1S/C18H26N4O2/c1-3-22-15-7-5-4-6-14(15)20-16(22)10-11-19-17(24)21-18(2,12-23)13-8-9-13/h4-7,13,23H,3,8-12H2,1-2H3,(H2,19,21,24). The van der Waals surface area contributed by atoms with Gasteiger partial charge in [0.15, 0.2) is 0 Å². The molecule has 1 aliphatic carbocycles. The normalized spacial score (nSPS) is 16.8. The number of aromatic nitrogens is 2. The van der Waals surface area contributed by atoms with Gasteiger partial charge in [-0.3, -0.25) is 0 Å². The summed E-state index contributed by atoms with van der Waals surface area (Å²) in [7, 11) is 0. The third-order valence-corrected chi connectivity index (χ3v) is 4.89. The lowest BCUT2D eigenvalue weighted by atomic mass is 9.97. The van der Waals surface area contributed by atoms with Crippen LogP contribution < -0.4 is 10.6 Å². The molecule has 1 aromatic heterocycles. The van der Waals surface area contributed by atoms with E-state index >= 15 is 0 Å². The third kappa shape index (κ3) is 3.38. The minimum absolute atomic E-state index is 0.0310. The van der Waals surface area contributed by atoms with Crippen LogP contribution in [-0.4, -0.2) is 39.4 Å². The average molecular weight is 330 g/mol. The minimum Gasteiger partial charge on any atom is -0.394 e. The summed E-state index contributed by atoms with van der Waals surface area (Å²) in [4.78, 5) is 16.8. The molecule has 24 heavy (non-hydrogen) atoms. The second-order valence-corrected chi connectivity index (χ2v) is 6.74. The maximum absolute atomic E-state index is 12.1. The van der Waals surface area contributed by atoms with Crippen LogP contribution in [0.5, 0.6) is 0 Å². The molecule has 3 N–H and O–H groups in total. The fourth-order valence-corrected chi connectivity index (χ4v) is 3.25. The fraction of sp³-hybridized carbons (Fsp3) is 0.556. The van der Waals surface area contributed by atoms with Crippen molar-refractivity contribution in [3.8, 4) is 0 Å². The van der Waals surface area contributed by atoms with Crippen molar-refractivity contribution in [3.05, 3.63) is 30.1 Å². The Balaban J connectivity index is 1.57. The number of urea groups is 1. The summed E-state index contributed by atoms with van der Waals surface area (Å²) < 4.78 is 2.18. The molecule has 0 radical (unpaired) electrons. The lowest BCUT2D eigenvalue weighted by Gasteiger charge is -2.28. The van der Waals surface area contributed by atoms with Gasteiger partial charge in [0.2, 0.25) is 0 Å². The van der Waals surface area contributed by atoms with E-state index in [1.165, 1.54) is 0 Å². The van der Waals surface area contributed by atoms with E-state index < -0.39 is 5.54 Å². The highest BCUT2D eigenvalue weighted by molar-refractivity contribution is 5.76. The van der Waals surface area contributed by atoms with Crippen molar-refractivity contribution in [1.82, 2.24) is 20.2 Å². The van der Waals surface area contributed by atoms with Gasteiger partial charge < -0.3 is 20.3 Å². The molecule has 2 aromatic rings. The summed E-state index contributed by atoms with van der Waals surface area (Å²) in [5.41, 5.74) is 1.60. The number of nitrogens with one attached hydrogen (secondary N) is 2. The van der Waals surface area contributed by atoms with Crippen molar-refractivity contribution in [2.24, 2.45) is 5.92 Å². The van der Waals surface area contributed by atoms with Crippen molar-refractivity contribution in [2.45, 2.75) is 45.2 Å². The molecule has 0 spiro atoms. The Morgan fingerprint density at radius 3 is 2.83 bits per heavy atom. The Bertz CT molecular complexity index is 723. The van der Waals surface area contributed by atoms with Crippen LogP contribution in [-0.2, 0) is 13.0 Å². The Morgan fingerprint density at radius 2 is 2.17 bits per heavy atom. The maximum Gasteiger partial charge on any atom is 0.315 e. The summed E-state index contributed by atoms with van der Waals surface area (Å²) in [5, 5.41) is 15.3. The molecule has 1 heterocycles. The zero-order chi connectivity index (χ0) is 17.2. The van der Waals surface area contributed by atoms with Gasteiger partial charge in [-0.25, -0.2) is 9.78 Å². The van der Waals surface area contributed by atoms with Crippen LogP contribution in [0.1, 0.15) is 32.5 Å². The van der Waals surface area contributed by atoms with Gasteiger partial charge in [-0.15, -0.1) is 0 Å². The highest BCUT2D eigenvalue weighted by Gasteiger charge is 2.42. The van der Waals surface area contributed by atoms with Crippen LogP contribution in [0, 0.1) is 5.92 Å². The Labute approximate surface area is 142 Å². The molecule has 1 fully saturated rings. The van der Waals surface area contributed by atoms with Gasteiger partial charge >= 0.3 is 6.03 Å². The number of para-hydroxylation sites is 2. The topological polar surface area (TPSA) is 79.2 Å². The average Bonchev–Trinajstić information content (AvgIpc) is 3.37. The number of amides is 2. The van der Waals surface area contributed by atoms with Crippen molar-refractivity contribution in [1.29, 1.82) is 0 Å². The molecule has 2 amide bonds. The maximum atomic E-state index is 12.1. The molecule has 1 unspecified atom stereocenters. The molecule has 0 saturated heterocycles. The number of nitrogens with zero attached hydrogens (tertiary/aromatic N) is 2. The smallest absolute Gasteiger partial charge is 0.315 e. The van der Waals surface area contributed by atoms with Crippen molar-refractivity contribution < 1.29 is 9.90 Å². The van der Waals surface area contributed by atoms with E-state index in [0.717, 1.165) is 36.2 Å². The number of aliphatic hydroxyl groups is 1. The number of imidazole rings is 1. The highest BCUT2D eigenvalue weighted by atomic mass is 16.3. The van der Waals surface area contributed by atoms with Gasteiger partial charge in [-0.2, -0.15) is 0 Å². The lowest BCUT2D eigenvalue weighted by molar-refractivity contribution is 0.155. The van der Waals surface area contributed by atoms with E-state index in [-0.39, 0.29) is 12.6 Å². The van der Waals surface area contributed by atoms with E-state index in [0.29, 0.717) is 18.9 Å². The van der Waals surface area contributed by atoms with Gasteiger partial charge in [0, 0.05) is 19.5 Å². The molecule has 1 aliphatic rings. The second-order valence-electron chi connectivity index (χ2n) is 6.74. The monoisotopic (exact) mass is 330 g/mol. The van der Waals surface area contributed by atoms with Crippen LogP contribution in [0.3, 0.4) is 0 Å². The number of aliphatic hydroxyl groups excluding tert-OH is 1. The number of hydrogen-bond acceptors (Lipinski definition) is 3. The van der Waals surface area contributed by atoms with E-state index in [1.807, 2.05) is 25.1 Å². The number of carbonyl (C=O) groups is 1. The highest BCUT2D eigenvalue weighted by Crippen LogP contribution is 2.39. The number of aryl methyl sites for hydroxylation is 1. The first-order valence-electron chi connectivity index (χ1n) is 8.68. The van der Waals surface area contributed by atoms with Crippen LogP contribution in [0.25, 0.3) is 11.0 Å². The molecule has 3 rings (SSSR count). The van der Waals surface area contributed by atoms with Crippen LogP contribution in [0.2, 0.25) is 0 Å². The zero-order valence-electron chi connectivity index (χ0n) is 14.4. The van der Waals surface area contributed by atoms with Gasteiger partial charge in [-0.1, -0.05) is 12.1 Å². The predicted octanol–water partition coefficient (Wildman–Crippen LogP) is 2.06. The lowest BCUT2D eigenvalue weighted by Crippen LogP contribution is -2.54. The van der Waals surface area contributed by atoms with E-state index in [9.17, 15) is 9.90 Å². The molecule has 130 valence electrons. The number of carbonyl (C=O) groups excluding carboxylic acids is 1. The Kier molecular flexibility index (Phi) is 4.76. The number of fused-ring (bicyclic) bond motifs is 1. The molecular formula is C18H26N4O2. The second kappa shape index (κ2) is 6.81. The van der Waals surface area contributed by atoms with E-state index in [2.05, 4.69) is 33.2 Å². The molecule has 1 atom stereocenters. The Morgan fingerprint density at radius 1 is 1.42 bits per heavy atom. The first-order chi connectivity index (χ1) is 11.6. The van der Waals surface area contributed by atoms with Crippen molar-refractivity contribution >= 4 is 17.1 Å². The SMILES string of the molecule is CCn1c(CCNC(=O)NC(C)(CO)C2CC2)nc2ccccc21. The molecule has 0 aliphatic heterocycles. The molecule has 1 saturated carbocycles. The minimum atomic E-state index is -0.513. The molecule has 6 heteroatoms. The fourth-order valence-electron chi connectivity index (χ4n) is 3.25. The van der Waals surface area contributed by atoms with Crippen LogP contribution in [0.15, 0.2) is 24.3 Å². The third-order valence-electron chi connectivity index (χ3n) is 4.89. The number of benzene rings is 1. The molecule has 6 nitrogen and oxygen atoms in total.